The molecule has 28 heavy (non-hydrogen) atoms. The van der Waals surface area contributed by atoms with Crippen molar-refractivity contribution in [2.45, 2.75) is 0 Å². The zero-order chi connectivity index (χ0) is 20.5. The molecule has 0 radical (unpaired) electrons. The molecule has 0 heterocycles. The number of methoxy groups -OCH3 is 4. The minimum Gasteiger partial charge on any atom is -0.493 e. The number of allylic oxidation sites excluding steroid dienone is 1. The fourth-order valence-electron chi connectivity index (χ4n) is 2.59. The molecule has 0 aromatic heterocycles. The molecular formula is C21H22ClNO5. The number of halogens is 1. The van der Waals surface area contributed by atoms with Crippen LogP contribution in [0.15, 0.2) is 36.5 Å². The van der Waals surface area contributed by atoms with Crippen LogP contribution in [0.4, 0.5) is 5.69 Å². The maximum atomic E-state index is 10.5. The molecule has 7 heteroatoms. The summed E-state index contributed by atoms with van der Waals surface area (Å²) >= 11 is 6.32. The first-order valence-corrected chi connectivity index (χ1v) is 8.68. The molecule has 2 rings (SSSR count). The van der Waals surface area contributed by atoms with Crippen molar-refractivity contribution in [3.05, 3.63) is 52.7 Å². The standard InChI is InChI=1S/C21H22ClNO5/c1-25-18-12-15(13-19(26-2)21(18)28-4)7-6-14-10-16(22)20(27-3)17(11-14)23-8-5-9-24/h5-13,23H,1-4H3/b7-6-,8-5-. The van der Waals surface area contributed by atoms with Crippen molar-refractivity contribution in [2.75, 3.05) is 33.8 Å². The van der Waals surface area contributed by atoms with Crippen LogP contribution in [-0.4, -0.2) is 34.7 Å². The molecule has 2 aromatic rings. The van der Waals surface area contributed by atoms with Gasteiger partial charge in [0.25, 0.3) is 0 Å². The molecule has 0 amide bonds. The highest BCUT2D eigenvalue weighted by atomic mass is 35.5. The molecule has 0 aliphatic rings. The van der Waals surface area contributed by atoms with E-state index < -0.39 is 0 Å². The number of aldehydes is 1. The topological polar surface area (TPSA) is 66.0 Å². The smallest absolute Gasteiger partial charge is 0.203 e. The molecule has 1 N–H and O–H groups in total. The van der Waals surface area contributed by atoms with Gasteiger partial charge in [0, 0.05) is 6.20 Å². The summed E-state index contributed by atoms with van der Waals surface area (Å²) < 4.78 is 21.4. The predicted octanol–water partition coefficient (Wildman–Crippen LogP) is 4.67. The van der Waals surface area contributed by atoms with Crippen LogP contribution in [0.5, 0.6) is 23.0 Å². The molecule has 0 bridgehead atoms. The lowest BCUT2D eigenvalue weighted by atomic mass is 10.1. The second-order valence-electron chi connectivity index (χ2n) is 5.52. The Morgan fingerprint density at radius 2 is 1.39 bits per heavy atom. The van der Waals surface area contributed by atoms with Gasteiger partial charge in [-0.2, -0.15) is 0 Å². The van der Waals surface area contributed by atoms with Crippen molar-refractivity contribution in [3.8, 4) is 23.0 Å². The van der Waals surface area contributed by atoms with E-state index in [2.05, 4.69) is 5.32 Å². The molecule has 6 nitrogen and oxygen atoms in total. The number of carbonyl (C=O) groups excluding carboxylic acids is 1. The van der Waals surface area contributed by atoms with Gasteiger partial charge in [-0.25, -0.2) is 0 Å². The first-order valence-electron chi connectivity index (χ1n) is 8.30. The summed E-state index contributed by atoms with van der Waals surface area (Å²) in [6.45, 7) is 0. The van der Waals surface area contributed by atoms with E-state index in [0.717, 1.165) is 11.1 Å². The molecular weight excluding hydrogens is 382 g/mol. The van der Waals surface area contributed by atoms with Crippen molar-refractivity contribution >= 4 is 35.7 Å². The lowest BCUT2D eigenvalue weighted by Crippen LogP contribution is -1.96. The molecule has 0 aliphatic heterocycles. The van der Waals surface area contributed by atoms with E-state index in [9.17, 15) is 4.79 Å². The van der Waals surface area contributed by atoms with Crippen LogP contribution in [0.1, 0.15) is 11.1 Å². The Hall–Kier alpha value is -3.12. The van der Waals surface area contributed by atoms with Gasteiger partial charge in [0.1, 0.15) is 6.29 Å². The highest BCUT2D eigenvalue weighted by Gasteiger charge is 2.12. The highest BCUT2D eigenvalue weighted by molar-refractivity contribution is 6.32. The Morgan fingerprint density at radius 1 is 0.821 bits per heavy atom. The number of hydrogen-bond acceptors (Lipinski definition) is 6. The molecule has 0 spiro atoms. The van der Waals surface area contributed by atoms with Crippen LogP contribution in [0.3, 0.4) is 0 Å². The van der Waals surface area contributed by atoms with E-state index in [1.165, 1.54) is 19.4 Å². The first kappa shape index (κ1) is 21.2. The Labute approximate surface area is 169 Å². The van der Waals surface area contributed by atoms with E-state index in [-0.39, 0.29) is 0 Å². The number of nitrogens with one attached hydrogen (secondary N) is 1. The van der Waals surface area contributed by atoms with E-state index in [1.807, 2.05) is 30.4 Å². The largest absolute Gasteiger partial charge is 0.493 e. The number of ether oxygens (including phenoxy) is 4. The number of carbonyl (C=O) groups is 1. The maximum absolute atomic E-state index is 10.5. The average Bonchev–Trinajstić information content (AvgIpc) is 2.71. The zero-order valence-corrected chi connectivity index (χ0v) is 16.9. The van der Waals surface area contributed by atoms with Gasteiger partial charge < -0.3 is 24.3 Å². The van der Waals surface area contributed by atoms with Gasteiger partial charge in [-0.15, -0.1) is 0 Å². The fraction of sp³-hybridized carbons (Fsp3) is 0.190. The van der Waals surface area contributed by atoms with Crippen molar-refractivity contribution in [1.82, 2.24) is 0 Å². The van der Waals surface area contributed by atoms with E-state index in [1.54, 1.807) is 27.4 Å². The Balaban J connectivity index is 2.40. The van der Waals surface area contributed by atoms with E-state index >= 15 is 0 Å². The summed E-state index contributed by atoms with van der Waals surface area (Å²) in [4.78, 5) is 10.5. The maximum Gasteiger partial charge on any atom is 0.203 e. The summed E-state index contributed by atoms with van der Waals surface area (Å²) in [7, 11) is 6.22. The Morgan fingerprint density at radius 3 is 1.89 bits per heavy atom. The SMILES string of the molecule is COc1cc(/C=C\c2cc(Cl)c(OC)c(N/C=C\C=O)c2)cc(OC)c1OC. The lowest BCUT2D eigenvalue weighted by molar-refractivity contribution is -0.104. The molecule has 0 saturated heterocycles. The molecule has 0 aliphatic carbocycles. The van der Waals surface area contributed by atoms with Gasteiger partial charge in [-0.1, -0.05) is 23.8 Å². The third kappa shape index (κ3) is 4.98. The average molecular weight is 404 g/mol. The van der Waals surface area contributed by atoms with Crippen LogP contribution in [0.25, 0.3) is 12.2 Å². The van der Waals surface area contributed by atoms with Gasteiger partial charge in [-0.05, 0) is 41.5 Å². The lowest BCUT2D eigenvalue weighted by Gasteiger charge is -2.13. The number of hydrogen-bond donors (Lipinski definition) is 1. The molecule has 0 unspecified atom stereocenters. The first-order chi connectivity index (χ1) is 13.6. The highest BCUT2D eigenvalue weighted by Crippen LogP contribution is 2.39. The second-order valence-corrected chi connectivity index (χ2v) is 5.92. The van der Waals surface area contributed by atoms with Crippen LogP contribution in [0.2, 0.25) is 5.02 Å². The fourth-order valence-corrected chi connectivity index (χ4v) is 2.90. The van der Waals surface area contributed by atoms with Crippen LogP contribution < -0.4 is 24.3 Å². The molecule has 0 saturated carbocycles. The van der Waals surface area contributed by atoms with Crippen LogP contribution in [0, 0.1) is 0 Å². The van der Waals surface area contributed by atoms with Gasteiger partial charge in [0.15, 0.2) is 17.2 Å². The van der Waals surface area contributed by atoms with Gasteiger partial charge in [-0.3, -0.25) is 4.79 Å². The summed E-state index contributed by atoms with van der Waals surface area (Å²) in [6, 6.07) is 7.32. The third-order valence-corrected chi connectivity index (χ3v) is 4.12. The summed E-state index contributed by atoms with van der Waals surface area (Å²) in [5.74, 6) is 2.15. The van der Waals surface area contributed by atoms with Gasteiger partial charge >= 0.3 is 0 Å². The summed E-state index contributed by atoms with van der Waals surface area (Å²) in [6.07, 6.45) is 7.31. The molecule has 2 aromatic carbocycles. The zero-order valence-electron chi connectivity index (χ0n) is 16.1. The quantitative estimate of drug-likeness (QED) is 0.373. The normalized spacial score (nSPS) is 10.9. The molecule has 0 atom stereocenters. The van der Waals surface area contributed by atoms with E-state index in [4.69, 9.17) is 30.5 Å². The predicted molar refractivity (Wildman–Crippen MR) is 112 cm³/mol. The van der Waals surface area contributed by atoms with Crippen LogP contribution >= 0.6 is 11.6 Å². The van der Waals surface area contributed by atoms with Crippen molar-refractivity contribution in [2.24, 2.45) is 0 Å². The second kappa shape index (κ2) is 10.3. The number of rotatable bonds is 9. The number of anilines is 1. The minimum absolute atomic E-state index is 0.441. The van der Waals surface area contributed by atoms with Crippen molar-refractivity contribution in [3.63, 3.8) is 0 Å². The third-order valence-electron chi connectivity index (χ3n) is 3.84. The summed E-state index contributed by atoms with van der Waals surface area (Å²) in [5.41, 5.74) is 2.33. The molecule has 148 valence electrons. The Kier molecular flexibility index (Phi) is 7.77. The van der Waals surface area contributed by atoms with Crippen LogP contribution in [-0.2, 0) is 4.79 Å². The van der Waals surface area contributed by atoms with E-state index in [0.29, 0.717) is 40.0 Å². The van der Waals surface area contributed by atoms with Gasteiger partial charge in [0.05, 0.1) is 39.1 Å². The minimum atomic E-state index is 0.441. The Bertz CT molecular complexity index is 868. The van der Waals surface area contributed by atoms with Crippen molar-refractivity contribution < 1.29 is 23.7 Å². The summed E-state index contributed by atoms with van der Waals surface area (Å²) in [5, 5.41) is 3.43. The number of benzene rings is 2. The van der Waals surface area contributed by atoms with Crippen molar-refractivity contribution in [1.29, 1.82) is 0 Å². The monoisotopic (exact) mass is 403 g/mol. The molecule has 0 fully saturated rings. The van der Waals surface area contributed by atoms with Gasteiger partial charge in [0.2, 0.25) is 5.75 Å².